The number of nitrogens with zero attached hydrogens (tertiary/aromatic N) is 5. The van der Waals surface area contributed by atoms with E-state index in [0.717, 1.165) is 62.3 Å². The first-order valence-corrected chi connectivity index (χ1v) is 18.1. The van der Waals surface area contributed by atoms with Crippen LogP contribution in [0.5, 0.6) is 0 Å². The minimum Gasteiger partial charge on any atom is -0.393 e. The fraction of sp³-hybridized carbons (Fsp3) is 0.615. The zero-order valence-electron chi connectivity index (χ0n) is 29.0. The van der Waals surface area contributed by atoms with Gasteiger partial charge in [-0.1, -0.05) is 40.3 Å². The Morgan fingerprint density at radius 1 is 1.10 bits per heavy atom. The van der Waals surface area contributed by atoms with Gasteiger partial charge in [0.25, 0.3) is 5.56 Å². The van der Waals surface area contributed by atoms with Gasteiger partial charge in [0, 0.05) is 51.0 Å². The fourth-order valence-electron chi connectivity index (χ4n) is 8.76. The van der Waals surface area contributed by atoms with Crippen molar-refractivity contribution in [1.29, 1.82) is 0 Å². The number of piperidine rings is 1. The van der Waals surface area contributed by atoms with Crippen LogP contribution in [0.2, 0.25) is 0 Å². The summed E-state index contributed by atoms with van der Waals surface area (Å²) >= 11 is 0. The average molecular weight is 674 g/mol. The molecule has 0 spiro atoms. The van der Waals surface area contributed by atoms with Gasteiger partial charge in [0.05, 0.1) is 29.6 Å². The first-order valence-electron chi connectivity index (χ1n) is 18.1. The van der Waals surface area contributed by atoms with Gasteiger partial charge in [-0.15, -0.1) is 0 Å². The number of aliphatic hydroxyl groups excluding tert-OH is 1. The molecule has 3 aliphatic carbocycles. The highest BCUT2D eigenvalue weighted by molar-refractivity contribution is 5.96. The van der Waals surface area contributed by atoms with E-state index in [1.807, 2.05) is 18.2 Å². The highest BCUT2D eigenvalue weighted by Crippen LogP contribution is 2.61. The third kappa shape index (κ3) is 7.42. The highest BCUT2D eigenvalue weighted by atomic mass is 19.1. The van der Waals surface area contributed by atoms with Crippen LogP contribution in [-0.4, -0.2) is 81.3 Å². The Kier molecular flexibility index (Phi) is 10.5. The predicted octanol–water partition coefficient (Wildman–Crippen LogP) is 5.50. The molecule has 5 fully saturated rings. The number of guanidine groups is 1. The maximum atomic E-state index is 14.1. The number of likely N-dealkylation sites (tertiary alicyclic amines) is 1. The van der Waals surface area contributed by atoms with E-state index in [-0.39, 0.29) is 30.9 Å². The van der Waals surface area contributed by atoms with E-state index in [1.165, 1.54) is 18.6 Å². The minimum atomic E-state index is -0.275. The molecule has 3 aromatic rings. The summed E-state index contributed by atoms with van der Waals surface area (Å²) in [6.45, 7) is 14.6. The number of piperazine rings is 1. The van der Waals surface area contributed by atoms with Crippen molar-refractivity contribution < 1.29 is 9.50 Å². The molecule has 2 aliphatic heterocycles. The van der Waals surface area contributed by atoms with Crippen molar-refractivity contribution in [2.24, 2.45) is 28.2 Å². The van der Waals surface area contributed by atoms with E-state index in [9.17, 15) is 14.3 Å². The number of benzene rings is 2. The third-order valence-corrected chi connectivity index (χ3v) is 12.0. The molecule has 2 aromatic carbocycles. The molecule has 9 nitrogen and oxygen atoms in total. The number of hydrogen-bond acceptors (Lipinski definition) is 6. The number of aromatic nitrogens is 2. The second-order valence-corrected chi connectivity index (χ2v) is 15.5. The molecule has 49 heavy (non-hydrogen) atoms. The number of anilines is 1. The Labute approximate surface area is 291 Å². The van der Waals surface area contributed by atoms with Gasteiger partial charge in [-0.3, -0.25) is 14.3 Å². The molecule has 8 rings (SSSR count). The Morgan fingerprint density at radius 2 is 1.86 bits per heavy atom. The zero-order chi connectivity index (χ0) is 33.6. The van der Waals surface area contributed by atoms with Crippen molar-refractivity contribution in [3.63, 3.8) is 0 Å². The topological polar surface area (TPSA) is 98.0 Å². The lowest BCUT2D eigenvalue weighted by Crippen LogP contribution is -2.57. The second kappa shape index (κ2) is 14.5. The standard InChI is InChI=1S/C38H52FN7O2.CH4/c1-24-22-45(18-14-40-24)37(43-33-20-27-19-32(25(33)2)38(27,3)4)41-29-9-10-31-34(21-29)42-35(23-44-15-12-30(47)13-16-44)46(36(31)48)17-11-26-5-7-28(39)8-6-26;/h5-10,21,24-25,27,30,32-33,40,47H,11-20,22-23H2,1-4H3,(H,41,43);1H4/t24-,25-,27+,32-,33-;/m0./s1. The summed E-state index contributed by atoms with van der Waals surface area (Å²) in [7, 11) is 0. The first kappa shape index (κ1) is 35.5. The molecule has 3 saturated carbocycles. The molecule has 0 unspecified atom stereocenters. The van der Waals surface area contributed by atoms with Crippen molar-refractivity contribution in [3.8, 4) is 0 Å². The van der Waals surface area contributed by atoms with Gasteiger partial charge in [-0.25, -0.2) is 14.4 Å². The number of rotatable bonds is 7. The third-order valence-electron chi connectivity index (χ3n) is 12.0. The summed E-state index contributed by atoms with van der Waals surface area (Å²) in [4.78, 5) is 29.3. The number of nitrogens with one attached hydrogen (secondary N) is 2. The van der Waals surface area contributed by atoms with Crippen LogP contribution in [0.25, 0.3) is 10.9 Å². The number of halogens is 1. The number of aryl methyl sites for hydroxylation is 1. The van der Waals surface area contributed by atoms with Crippen LogP contribution in [0.3, 0.4) is 0 Å². The molecule has 2 bridgehead atoms. The normalized spacial score (nSPS) is 27.4. The lowest BCUT2D eigenvalue weighted by molar-refractivity contribution is -0.108. The van der Waals surface area contributed by atoms with Gasteiger partial charge in [-0.2, -0.15) is 0 Å². The molecule has 0 radical (unpaired) electrons. The van der Waals surface area contributed by atoms with Gasteiger partial charge in [0.2, 0.25) is 0 Å². The summed E-state index contributed by atoms with van der Waals surface area (Å²) < 4.78 is 15.3. The van der Waals surface area contributed by atoms with E-state index in [1.54, 1.807) is 16.7 Å². The maximum Gasteiger partial charge on any atom is 0.261 e. The summed E-state index contributed by atoms with van der Waals surface area (Å²) in [6.07, 6.45) is 4.21. The number of hydrogen-bond donors (Lipinski definition) is 3. The SMILES string of the molecule is C.C[C@@H]1[C@@H](N=C(Nc2ccc3c(=O)n(CCc4ccc(F)cc4)c(CN4CCC(O)CC4)nc3c2)N2CCN[C@@H](C)C2)C[C@H]2C[C@@H]1C2(C)C. The summed E-state index contributed by atoms with van der Waals surface area (Å²) in [5.41, 5.74) is 2.85. The lowest BCUT2D eigenvalue weighted by atomic mass is 9.45. The van der Waals surface area contributed by atoms with E-state index in [4.69, 9.17) is 9.98 Å². The quantitative estimate of drug-likeness (QED) is 0.225. The Hall–Kier alpha value is -3.34. The molecular weight excluding hydrogens is 617 g/mol. The van der Waals surface area contributed by atoms with Gasteiger partial charge < -0.3 is 20.6 Å². The molecule has 3 heterocycles. The molecule has 266 valence electrons. The van der Waals surface area contributed by atoms with Crippen molar-refractivity contribution in [2.45, 2.75) is 98.5 Å². The van der Waals surface area contributed by atoms with Crippen LogP contribution in [0.4, 0.5) is 10.1 Å². The van der Waals surface area contributed by atoms with E-state index in [2.05, 4.69) is 48.1 Å². The van der Waals surface area contributed by atoms with Crippen LogP contribution >= 0.6 is 0 Å². The van der Waals surface area contributed by atoms with E-state index in [0.29, 0.717) is 72.4 Å². The van der Waals surface area contributed by atoms with Gasteiger partial charge in [0.1, 0.15) is 11.6 Å². The minimum absolute atomic E-state index is 0. The summed E-state index contributed by atoms with van der Waals surface area (Å²) in [5.74, 6) is 3.34. The largest absolute Gasteiger partial charge is 0.393 e. The predicted molar refractivity (Wildman–Crippen MR) is 196 cm³/mol. The average Bonchev–Trinajstić information content (AvgIpc) is 3.06. The molecule has 5 aliphatic rings. The summed E-state index contributed by atoms with van der Waals surface area (Å²) in [5, 5.41) is 17.9. The van der Waals surface area contributed by atoms with Crippen LogP contribution in [-0.2, 0) is 19.5 Å². The van der Waals surface area contributed by atoms with Crippen LogP contribution in [0.1, 0.15) is 72.2 Å². The number of aliphatic hydroxyl groups is 1. The Morgan fingerprint density at radius 3 is 2.55 bits per heavy atom. The van der Waals surface area contributed by atoms with Gasteiger partial charge >= 0.3 is 0 Å². The molecule has 10 heteroatoms. The molecular formula is C39H56FN7O2. The molecule has 3 N–H and O–H groups in total. The van der Waals surface area contributed by atoms with Crippen LogP contribution < -0.4 is 16.2 Å². The van der Waals surface area contributed by atoms with E-state index >= 15 is 0 Å². The van der Waals surface area contributed by atoms with E-state index < -0.39 is 0 Å². The van der Waals surface area contributed by atoms with Gasteiger partial charge in [-0.05, 0) is 98.1 Å². The number of fused-ring (bicyclic) bond motifs is 3. The Balaban J connectivity index is 0.00000417. The number of aliphatic imine (C=N–C) groups is 1. The van der Waals surface area contributed by atoms with Crippen molar-refractivity contribution in [2.75, 3.05) is 38.0 Å². The lowest BCUT2D eigenvalue weighted by Gasteiger charge is -2.61. The fourth-order valence-corrected chi connectivity index (χ4v) is 8.76. The monoisotopic (exact) mass is 673 g/mol. The highest BCUT2D eigenvalue weighted by Gasteiger charge is 2.56. The smallest absolute Gasteiger partial charge is 0.261 e. The van der Waals surface area contributed by atoms with Crippen molar-refractivity contribution >= 4 is 22.5 Å². The molecule has 1 aromatic heterocycles. The van der Waals surface area contributed by atoms with Crippen molar-refractivity contribution in [1.82, 2.24) is 24.7 Å². The second-order valence-electron chi connectivity index (χ2n) is 15.5. The summed E-state index contributed by atoms with van der Waals surface area (Å²) in [6, 6.07) is 13.0. The molecule has 2 saturated heterocycles. The van der Waals surface area contributed by atoms with Gasteiger partial charge in [0.15, 0.2) is 5.96 Å². The molecule has 5 atom stereocenters. The first-order chi connectivity index (χ1) is 23.0. The maximum absolute atomic E-state index is 14.1. The molecule has 0 amide bonds. The Bertz CT molecular complexity index is 1700. The zero-order valence-corrected chi connectivity index (χ0v) is 29.0. The van der Waals surface area contributed by atoms with Crippen molar-refractivity contribution in [3.05, 3.63) is 70.0 Å². The van der Waals surface area contributed by atoms with Crippen LogP contribution in [0.15, 0.2) is 52.3 Å². The van der Waals surface area contributed by atoms with Crippen LogP contribution in [0, 0.1) is 29.0 Å².